The fourth-order valence-electron chi connectivity index (χ4n) is 4.95. The van der Waals surface area contributed by atoms with Gasteiger partial charge < -0.3 is 15.4 Å². The summed E-state index contributed by atoms with van der Waals surface area (Å²) < 4.78 is 5.78. The zero-order chi connectivity index (χ0) is 17.6. The van der Waals surface area contributed by atoms with E-state index in [1.807, 2.05) is 18.2 Å². The van der Waals surface area contributed by atoms with Crippen LogP contribution in [-0.2, 0) is 21.6 Å². The third kappa shape index (κ3) is 2.48. The first-order chi connectivity index (χ1) is 12.8. The van der Waals surface area contributed by atoms with Gasteiger partial charge in [0.2, 0.25) is 5.91 Å². The molecule has 1 fully saturated rings. The molecule has 1 amide bonds. The van der Waals surface area contributed by atoms with Gasteiger partial charge in [0.15, 0.2) is 0 Å². The monoisotopic (exact) mass is 348 g/mol. The lowest BCUT2D eigenvalue weighted by Crippen LogP contribution is -2.45. The normalized spacial score (nSPS) is 29.9. The number of hydrogen-bond acceptors (Lipinski definition) is 3. The van der Waals surface area contributed by atoms with Gasteiger partial charge in [-0.3, -0.25) is 4.79 Å². The fourth-order valence-corrected chi connectivity index (χ4v) is 4.95. The Hall–Kier alpha value is -2.17. The number of ether oxygens (including phenoxy) is 1. The Kier molecular flexibility index (Phi) is 3.84. The van der Waals surface area contributed by atoms with Crippen LogP contribution in [0, 0.1) is 0 Å². The first-order valence-corrected chi connectivity index (χ1v) is 9.59. The standard InChI is InChI=1S/C22H24N2O2/c25-21-22(18-7-3-4-8-19(18)24-21)11-9-16(10-12-22)23-20-14-26-13-15-5-1-2-6-17(15)20/h1-8,16,20,23H,9-14H2,(H,24,25). The number of hydrogen-bond donors (Lipinski definition) is 2. The van der Waals surface area contributed by atoms with Crippen LogP contribution < -0.4 is 10.6 Å². The summed E-state index contributed by atoms with van der Waals surface area (Å²) in [6.07, 6.45) is 3.84. The molecule has 0 saturated heterocycles. The van der Waals surface area contributed by atoms with Crippen LogP contribution in [0.5, 0.6) is 0 Å². The highest BCUT2D eigenvalue weighted by molar-refractivity contribution is 6.06. The van der Waals surface area contributed by atoms with Crippen LogP contribution in [0.25, 0.3) is 0 Å². The van der Waals surface area contributed by atoms with Crippen LogP contribution in [0.3, 0.4) is 0 Å². The topological polar surface area (TPSA) is 50.4 Å². The molecule has 26 heavy (non-hydrogen) atoms. The molecule has 5 rings (SSSR count). The largest absolute Gasteiger partial charge is 0.375 e. The number of para-hydroxylation sites is 1. The highest BCUT2D eigenvalue weighted by Gasteiger charge is 2.48. The van der Waals surface area contributed by atoms with Crippen molar-refractivity contribution < 1.29 is 9.53 Å². The maximum absolute atomic E-state index is 12.7. The van der Waals surface area contributed by atoms with Crippen LogP contribution in [0.1, 0.15) is 48.4 Å². The molecule has 3 aliphatic rings. The second-order valence-electron chi connectivity index (χ2n) is 7.79. The van der Waals surface area contributed by atoms with Crippen molar-refractivity contribution in [1.82, 2.24) is 5.32 Å². The summed E-state index contributed by atoms with van der Waals surface area (Å²) in [7, 11) is 0. The van der Waals surface area contributed by atoms with Gasteiger partial charge in [0, 0.05) is 11.7 Å². The summed E-state index contributed by atoms with van der Waals surface area (Å²) in [6.45, 7) is 1.43. The van der Waals surface area contributed by atoms with Crippen molar-refractivity contribution >= 4 is 11.6 Å². The molecule has 1 spiro atoms. The van der Waals surface area contributed by atoms with E-state index < -0.39 is 0 Å². The summed E-state index contributed by atoms with van der Waals surface area (Å²) in [6, 6.07) is 17.4. The van der Waals surface area contributed by atoms with Crippen LogP contribution in [0.4, 0.5) is 5.69 Å². The first kappa shape index (κ1) is 16.0. The highest BCUT2D eigenvalue weighted by Crippen LogP contribution is 2.47. The van der Waals surface area contributed by atoms with E-state index in [0.29, 0.717) is 12.6 Å². The number of carbonyl (C=O) groups is 1. The van der Waals surface area contributed by atoms with Gasteiger partial charge in [0.05, 0.1) is 24.7 Å². The van der Waals surface area contributed by atoms with Gasteiger partial charge in [-0.25, -0.2) is 0 Å². The quantitative estimate of drug-likeness (QED) is 0.870. The fraction of sp³-hybridized carbons (Fsp3) is 0.409. The van der Waals surface area contributed by atoms with Crippen molar-refractivity contribution in [2.24, 2.45) is 0 Å². The van der Waals surface area contributed by atoms with Crippen molar-refractivity contribution in [2.45, 2.75) is 49.8 Å². The Morgan fingerprint density at radius 1 is 1.04 bits per heavy atom. The number of benzene rings is 2. The Morgan fingerprint density at radius 2 is 1.81 bits per heavy atom. The third-order valence-corrected chi connectivity index (χ3v) is 6.37. The van der Waals surface area contributed by atoms with E-state index in [9.17, 15) is 4.79 Å². The van der Waals surface area contributed by atoms with Gasteiger partial charge in [-0.2, -0.15) is 0 Å². The molecule has 1 unspecified atom stereocenters. The zero-order valence-electron chi connectivity index (χ0n) is 14.8. The van der Waals surface area contributed by atoms with Crippen molar-refractivity contribution in [3.8, 4) is 0 Å². The van der Waals surface area contributed by atoms with Crippen LogP contribution in [-0.4, -0.2) is 18.6 Å². The molecule has 4 nitrogen and oxygen atoms in total. The van der Waals surface area contributed by atoms with Gasteiger partial charge in [0.1, 0.15) is 0 Å². The predicted molar refractivity (Wildman–Crippen MR) is 101 cm³/mol. The number of nitrogens with one attached hydrogen (secondary N) is 2. The minimum atomic E-state index is -0.324. The minimum Gasteiger partial charge on any atom is -0.375 e. The summed E-state index contributed by atoms with van der Waals surface area (Å²) in [5.41, 5.74) is 4.51. The molecule has 4 heteroatoms. The number of carbonyl (C=O) groups excluding carboxylic acids is 1. The van der Waals surface area contributed by atoms with Crippen molar-refractivity contribution in [3.05, 3.63) is 65.2 Å². The molecule has 2 N–H and O–H groups in total. The van der Waals surface area contributed by atoms with Crippen molar-refractivity contribution in [3.63, 3.8) is 0 Å². The van der Waals surface area contributed by atoms with E-state index >= 15 is 0 Å². The molecule has 0 radical (unpaired) electrons. The van der Waals surface area contributed by atoms with Crippen LogP contribution in [0.2, 0.25) is 0 Å². The predicted octanol–water partition coefficient (Wildman–Crippen LogP) is 3.68. The highest BCUT2D eigenvalue weighted by atomic mass is 16.5. The van der Waals surface area contributed by atoms with Crippen molar-refractivity contribution in [1.29, 1.82) is 0 Å². The average molecular weight is 348 g/mol. The van der Waals surface area contributed by atoms with Gasteiger partial charge in [-0.1, -0.05) is 42.5 Å². The lowest BCUT2D eigenvalue weighted by molar-refractivity contribution is -0.122. The van der Waals surface area contributed by atoms with E-state index in [2.05, 4.69) is 41.0 Å². The molecule has 2 aromatic rings. The number of anilines is 1. The molecule has 2 aliphatic heterocycles. The Bertz CT molecular complexity index is 840. The lowest BCUT2D eigenvalue weighted by Gasteiger charge is -2.38. The van der Waals surface area contributed by atoms with E-state index in [0.717, 1.165) is 38.0 Å². The average Bonchev–Trinajstić information content (AvgIpc) is 2.96. The van der Waals surface area contributed by atoms with Crippen LogP contribution >= 0.6 is 0 Å². The zero-order valence-corrected chi connectivity index (χ0v) is 14.8. The van der Waals surface area contributed by atoms with Gasteiger partial charge in [-0.15, -0.1) is 0 Å². The van der Waals surface area contributed by atoms with Gasteiger partial charge in [0.25, 0.3) is 0 Å². The lowest BCUT2D eigenvalue weighted by atomic mass is 9.69. The SMILES string of the molecule is O=C1Nc2ccccc2C12CCC(NC1COCc3ccccc31)CC2. The van der Waals surface area contributed by atoms with E-state index in [-0.39, 0.29) is 17.4 Å². The second-order valence-corrected chi connectivity index (χ2v) is 7.79. The summed E-state index contributed by atoms with van der Waals surface area (Å²) >= 11 is 0. The summed E-state index contributed by atoms with van der Waals surface area (Å²) in [4.78, 5) is 12.7. The summed E-state index contributed by atoms with van der Waals surface area (Å²) in [5, 5.41) is 6.89. The Balaban J connectivity index is 1.31. The smallest absolute Gasteiger partial charge is 0.235 e. The molecular weight excluding hydrogens is 324 g/mol. The molecule has 0 bridgehead atoms. The number of rotatable bonds is 2. The summed E-state index contributed by atoms with van der Waals surface area (Å²) in [5.74, 6) is 0.184. The minimum absolute atomic E-state index is 0.184. The Morgan fingerprint density at radius 3 is 2.69 bits per heavy atom. The second kappa shape index (κ2) is 6.22. The molecule has 2 aromatic carbocycles. The molecule has 1 atom stereocenters. The number of fused-ring (bicyclic) bond motifs is 3. The molecule has 1 aliphatic carbocycles. The van der Waals surface area contributed by atoms with Crippen LogP contribution in [0.15, 0.2) is 48.5 Å². The molecule has 134 valence electrons. The first-order valence-electron chi connectivity index (χ1n) is 9.59. The third-order valence-electron chi connectivity index (χ3n) is 6.37. The maximum Gasteiger partial charge on any atom is 0.235 e. The number of amides is 1. The van der Waals surface area contributed by atoms with E-state index in [4.69, 9.17) is 4.74 Å². The maximum atomic E-state index is 12.7. The Labute approximate surface area is 153 Å². The molecule has 2 heterocycles. The molecular formula is C22H24N2O2. The van der Waals surface area contributed by atoms with E-state index in [1.54, 1.807) is 0 Å². The molecule has 0 aromatic heterocycles. The molecule has 1 saturated carbocycles. The van der Waals surface area contributed by atoms with Crippen molar-refractivity contribution in [2.75, 3.05) is 11.9 Å². The van der Waals surface area contributed by atoms with Gasteiger partial charge in [-0.05, 0) is 48.4 Å². The van der Waals surface area contributed by atoms with Gasteiger partial charge >= 0.3 is 0 Å². The van der Waals surface area contributed by atoms with E-state index in [1.165, 1.54) is 16.7 Å².